The Balaban J connectivity index is 1.67. The standard InChI is InChI=1S/C19H19Cl2N3O3S/c20-17-11-14(12-18(21)22-17)19(25)24-9-3-4-13-10-15(5-6-16(13)24)28(26,27)23-7-1-2-8-23/h5-6,10-12H,1-4,7-9H2. The molecular weight excluding hydrogens is 421 g/mol. The Morgan fingerprint density at radius 2 is 1.64 bits per heavy atom. The average Bonchev–Trinajstić information content (AvgIpc) is 3.21. The van der Waals surface area contributed by atoms with Gasteiger partial charge in [-0.25, -0.2) is 13.4 Å². The zero-order valence-electron chi connectivity index (χ0n) is 15.1. The van der Waals surface area contributed by atoms with Crippen molar-refractivity contribution in [3.05, 3.63) is 51.8 Å². The van der Waals surface area contributed by atoms with Crippen LogP contribution in [0.2, 0.25) is 10.3 Å². The molecular formula is C19H19Cl2N3O3S. The number of nitrogens with zero attached hydrogens (tertiary/aromatic N) is 3. The van der Waals surface area contributed by atoms with Crippen LogP contribution < -0.4 is 4.90 Å². The molecule has 1 fully saturated rings. The molecule has 2 aliphatic heterocycles. The van der Waals surface area contributed by atoms with Gasteiger partial charge in [0.2, 0.25) is 10.0 Å². The number of carbonyl (C=O) groups excluding carboxylic acids is 1. The molecule has 2 aliphatic rings. The molecule has 0 atom stereocenters. The topological polar surface area (TPSA) is 70.6 Å². The Labute approximate surface area is 174 Å². The number of aromatic nitrogens is 1. The minimum atomic E-state index is -3.49. The van der Waals surface area contributed by atoms with Crippen LogP contribution in [-0.4, -0.2) is 43.2 Å². The van der Waals surface area contributed by atoms with E-state index in [4.69, 9.17) is 23.2 Å². The fraction of sp³-hybridized carbons (Fsp3) is 0.368. The van der Waals surface area contributed by atoms with Gasteiger partial charge in [-0.1, -0.05) is 23.2 Å². The Hall–Kier alpha value is -1.67. The van der Waals surface area contributed by atoms with Crippen LogP contribution in [0.15, 0.2) is 35.2 Å². The van der Waals surface area contributed by atoms with Gasteiger partial charge in [-0.2, -0.15) is 4.31 Å². The van der Waals surface area contributed by atoms with Crippen LogP contribution in [0.4, 0.5) is 5.69 Å². The van der Waals surface area contributed by atoms with Gasteiger partial charge in [0, 0.05) is 30.9 Å². The summed E-state index contributed by atoms with van der Waals surface area (Å²) in [4.78, 5) is 18.8. The smallest absolute Gasteiger partial charge is 0.258 e. The average molecular weight is 440 g/mol. The van der Waals surface area contributed by atoms with E-state index in [1.54, 1.807) is 23.1 Å². The molecule has 4 rings (SSSR count). The number of benzene rings is 1. The second-order valence-corrected chi connectivity index (χ2v) is 9.68. The quantitative estimate of drug-likeness (QED) is 0.682. The number of rotatable bonds is 3. The SMILES string of the molecule is O=C(c1cc(Cl)nc(Cl)c1)N1CCCc2cc(S(=O)(=O)N3CCCC3)ccc21. The third-order valence-electron chi connectivity index (χ3n) is 5.13. The van der Waals surface area contributed by atoms with Crippen molar-refractivity contribution in [1.29, 1.82) is 0 Å². The molecule has 0 radical (unpaired) electrons. The number of amides is 1. The molecule has 6 nitrogen and oxygen atoms in total. The fourth-order valence-corrected chi connectivity index (χ4v) is 5.80. The van der Waals surface area contributed by atoms with Crippen molar-refractivity contribution >= 4 is 44.8 Å². The first-order valence-electron chi connectivity index (χ1n) is 9.14. The Morgan fingerprint density at radius 1 is 0.964 bits per heavy atom. The molecule has 0 spiro atoms. The van der Waals surface area contributed by atoms with E-state index in [1.165, 1.54) is 16.4 Å². The normalized spacial score (nSPS) is 17.6. The Kier molecular flexibility index (Phi) is 5.35. The summed E-state index contributed by atoms with van der Waals surface area (Å²) < 4.78 is 27.2. The van der Waals surface area contributed by atoms with Gasteiger partial charge in [0.1, 0.15) is 10.3 Å². The first-order chi connectivity index (χ1) is 13.4. The van der Waals surface area contributed by atoms with Crippen LogP contribution in [0, 0.1) is 0 Å². The highest BCUT2D eigenvalue weighted by Gasteiger charge is 2.30. The zero-order valence-corrected chi connectivity index (χ0v) is 17.4. The second kappa shape index (κ2) is 7.63. The molecule has 9 heteroatoms. The van der Waals surface area contributed by atoms with Gasteiger partial charge in [-0.3, -0.25) is 4.79 Å². The summed E-state index contributed by atoms with van der Waals surface area (Å²) in [6.07, 6.45) is 3.26. The third-order valence-corrected chi connectivity index (χ3v) is 7.41. The Bertz CT molecular complexity index is 1020. The summed E-state index contributed by atoms with van der Waals surface area (Å²) in [5, 5.41) is 0.306. The van der Waals surface area contributed by atoms with Gasteiger partial charge in [-0.05, 0) is 61.6 Å². The van der Waals surface area contributed by atoms with Crippen molar-refractivity contribution < 1.29 is 13.2 Å². The van der Waals surface area contributed by atoms with Gasteiger partial charge >= 0.3 is 0 Å². The molecule has 0 bridgehead atoms. The lowest BCUT2D eigenvalue weighted by atomic mass is 10.0. The van der Waals surface area contributed by atoms with Gasteiger partial charge < -0.3 is 4.90 Å². The molecule has 0 unspecified atom stereocenters. The molecule has 0 N–H and O–H groups in total. The van der Waals surface area contributed by atoms with E-state index in [0.717, 1.165) is 36.9 Å². The minimum Gasteiger partial charge on any atom is -0.308 e. The molecule has 1 aromatic heterocycles. The van der Waals surface area contributed by atoms with E-state index in [1.807, 2.05) is 0 Å². The number of fused-ring (bicyclic) bond motifs is 1. The van der Waals surface area contributed by atoms with E-state index in [9.17, 15) is 13.2 Å². The summed E-state index contributed by atoms with van der Waals surface area (Å²) in [6, 6.07) is 7.98. The fourth-order valence-electron chi connectivity index (χ4n) is 3.77. The highest BCUT2D eigenvalue weighted by atomic mass is 35.5. The first kappa shape index (κ1) is 19.6. The number of anilines is 1. The predicted octanol–water partition coefficient (Wildman–Crippen LogP) is 3.77. The molecule has 3 heterocycles. The molecule has 1 aromatic carbocycles. The maximum atomic E-state index is 13.0. The van der Waals surface area contributed by atoms with Gasteiger partial charge in [0.05, 0.1) is 4.90 Å². The number of pyridine rings is 1. The molecule has 2 aromatic rings. The van der Waals surface area contributed by atoms with Crippen molar-refractivity contribution in [2.24, 2.45) is 0 Å². The van der Waals surface area contributed by atoms with E-state index < -0.39 is 10.0 Å². The lowest BCUT2D eigenvalue weighted by Crippen LogP contribution is -2.36. The Morgan fingerprint density at radius 3 is 2.32 bits per heavy atom. The lowest BCUT2D eigenvalue weighted by Gasteiger charge is -2.30. The predicted molar refractivity (Wildman–Crippen MR) is 109 cm³/mol. The van der Waals surface area contributed by atoms with E-state index in [2.05, 4.69) is 4.98 Å². The van der Waals surface area contributed by atoms with Crippen LogP contribution in [0.3, 0.4) is 0 Å². The zero-order chi connectivity index (χ0) is 19.9. The van der Waals surface area contributed by atoms with Crippen LogP contribution in [0.5, 0.6) is 0 Å². The summed E-state index contributed by atoms with van der Waals surface area (Å²) in [7, 11) is -3.49. The van der Waals surface area contributed by atoms with Gasteiger partial charge in [0.25, 0.3) is 5.91 Å². The maximum Gasteiger partial charge on any atom is 0.258 e. The first-order valence-corrected chi connectivity index (χ1v) is 11.3. The number of carbonyl (C=O) groups is 1. The van der Waals surface area contributed by atoms with E-state index in [-0.39, 0.29) is 21.1 Å². The highest BCUT2D eigenvalue weighted by Crippen LogP contribution is 2.32. The highest BCUT2D eigenvalue weighted by molar-refractivity contribution is 7.89. The van der Waals surface area contributed by atoms with Crippen molar-refractivity contribution in [1.82, 2.24) is 9.29 Å². The maximum absolute atomic E-state index is 13.0. The van der Waals surface area contributed by atoms with Crippen LogP contribution in [0.25, 0.3) is 0 Å². The molecule has 0 aliphatic carbocycles. The van der Waals surface area contributed by atoms with Crippen LogP contribution >= 0.6 is 23.2 Å². The molecule has 1 saturated heterocycles. The van der Waals surface area contributed by atoms with Crippen molar-refractivity contribution in [2.45, 2.75) is 30.6 Å². The van der Waals surface area contributed by atoms with Crippen molar-refractivity contribution in [2.75, 3.05) is 24.5 Å². The monoisotopic (exact) mass is 439 g/mol. The minimum absolute atomic E-state index is 0.153. The largest absolute Gasteiger partial charge is 0.308 e. The number of halogens is 2. The molecule has 148 valence electrons. The van der Waals surface area contributed by atoms with E-state index in [0.29, 0.717) is 25.2 Å². The summed E-state index contributed by atoms with van der Waals surface area (Å²) in [5.74, 6) is -0.234. The third kappa shape index (κ3) is 3.64. The number of aryl methyl sites for hydroxylation is 1. The number of sulfonamides is 1. The van der Waals surface area contributed by atoms with Crippen LogP contribution in [0.1, 0.15) is 35.2 Å². The van der Waals surface area contributed by atoms with Crippen LogP contribution in [-0.2, 0) is 16.4 Å². The summed E-state index contributed by atoms with van der Waals surface area (Å²) >= 11 is 11.9. The number of hydrogen-bond acceptors (Lipinski definition) is 4. The van der Waals surface area contributed by atoms with Crippen molar-refractivity contribution in [3.8, 4) is 0 Å². The molecule has 1 amide bonds. The molecule has 0 saturated carbocycles. The molecule has 28 heavy (non-hydrogen) atoms. The van der Waals surface area contributed by atoms with Gasteiger partial charge in [-0.15, -0.1) is 0 Å². The summed E-state index contributed by atoms with van der Waals surface area (Å²) in [6.45, 7) is 1.67. The lowest BCUT2D eigenvalue weighted by molar-refractivity contribution is 0.0985. The van der Waals surface area contributed by atoms with E-state index >= 15 is 0 Å². The number of hydrogen-bond donors (Lipinski definition) is 0. The van der Waals surface area contributed by atoms with Gasteiger partial charge in [0.15, 0.2) is 0 Å². The van der Waals surface area contributed by atoms with Crippen molar-refractivity contribution in [3.63, 3.8) is 0 Å². The second-order valence-electron chi connectivity index (χ2n) is 6.96. The summed E-state index contributed by atoms with van der Waals surface area (Å²) in [5.41, 5.74) is 1.93.